The molecule has 0 bridgehead atoms. The molecule has 146 valence electrons. The Balaban J connectivity index is 1.54. The summed E-state index contributed by atoms with van der Waals surface area (Å²) in [4.78, 5) is 12.3. The van der Waals surface area contributed by atoms with E-state index in [9.17, 15) is 4.79 Å². The molecule has 29 heavy (non-hydrogen) atoms. The lowest BCUT2D eigenvalue weighted by Gasteiger charge is -2.28. The first kappa shape index (κ1) is 19.3. The van der Waals surface area contributed by atoms with Crippen LogP contribution in [0.2, 0.25) is 10.0 Å². The third kappa shape index (κ3) is 4.70. The smallest absolute Gasteiger partial charge is 0.339 e. The highest BCUT2D eigenvalue weighted by molar-refractivity contribution is 6.35. The molecule has 2 amide bonds. The third-order valence-electron chi connectivity index (χ3n) is 4.58. The van der Waals surface area contributed by atoms with Crippen LogP contribution in [-0.4, -0.2) is 11.7 Å². The molecule has 1 aliphatic heterocycles. The zero-order valence-electron chi connectivity index (χ0n) is 15.3. The van der Waals surface area contributed by atoms with Gasteiger partial charge in [0.05, 0.1) is 11.8 Å². The molecule has 3 N–H and O–H groups in total. The van der Waals surface area contributed by atoms with Crippen LogP contribution in [0.25, 0.3) is 0 Å². The highest BCUT2D eigenvalue weighted by atomic mass is 35.5. The standard InChI is InChI=1S/C22H18Cl2N4O/c23-15-10-16(24)12-17(11-15)25-22(29)28-27-21-13-20(14-6-2-1-3-7-14)26-19-9-5-4-8-18(19)21/h1-12,20,26H,13H2,(H2,25,28,29). The van der Waals surface area contributed by atoms with E-state index in [1.807, 2.05) is 42.5 Å². The van der Waals surface area contributed by atoms with Crippen LogP contribution in [0.3, 0.4) is 0 Å². The Hall–Kier alpha value is -3.02. The molecule has 1 heterocycles. The maximum absolute atomic E-state index is 12.3. The van der Waals surface area contributed by atoms with Crippen LogP contribution in [0.15, 0.2) is 77.9 Å². The summed E-state index contributed by atoms with van der Waals surface area (Å²) in [5, 5.41) is 11.5. The number of benzene rings is 3. The van der Waals surface area contributed by atoms with Gasteiger partial charge in [-0.15, -0.1) is 0 Å². The van der Waals surface area contributed by atoms with Gasteiger partial charge < -0.3 is 10.6 Å². The van der Waals surface area contributed by atoms with Gasteiger partial charge in [-0.2, -0.15) is 5.10 Å². The molecule has 7 heteroatoms. The summed E-state index contributed by atoms with van der Waals surface area (Å²) in [6, 6.07) is 22.5. The molecule has 0 spiro atoms. The molecule has 4 rings (SSSR count). The first-order valence-corrected chi connectivity index (χ1v) is 9.84. The summed E-state index contributed by atoms with van der Waals surface area (Å²) in [5.41, 5.74) is 6.97. The summed E-state index contributed by atoms with van der Waals surface area (Å²) >= 11 is 11.9. The number of hydrazone groups is 1. The summed E-state index contributed by atoms with van der Waals surface area (Å²) in [6.07, 6.45) is 0.643. The molecule has 0 aliphatic carbocycles. The number of urea groups is 1. The van der Waals surface area contributed by atoms with Crippen molar-refractivity contribution in [2.45, 2.75) is 12.5 Å². The lowest BCUT2D eigenvalue weighted by Crippen LogP contribution is -2.29. The second kappa shape index (κ2) is 8.55. The lowest BCUT2D eigenvalue weighted by molar-refractivity contribution is 0.252. The number of halogens is 2. The highest BCUT2D eigenvalue weighted by Gasteiger charge is 2.24. The number of carbonyl (C=O) groups excluding carboxylic acids is 1. The van der Waals surface area contributed by atoms with E-state index in [-0.39, 0.29) is 6.04 Å². The van der Waals surface area contributed by atoms with E-state index in [1.54, 1.807) is 18.2 Å². The third-order valence-corrected chi connectivity index (χ3v) is 5.02. The van der Waals surface area contributed by atoms with Crippen LogP contribution in [0, 0.1) is 0 Å². The van der Waals surface area contributed by atoms with Gasteiger partial charge in [0, 0.05) is 33.4 Å². The van der Waals surface area contributed by atoms with Gasteiger partial charge in [0.25, 0.3) is 0 Å². The molecule has 3 aromatic rings. The van der Waals surface area contributed by atoms with E-state index >= 15 is 0 Å². The summed E-state index contributed by atoms with van der Waals surface area (Å²) in [5.74, 6) is 0. The Morgan fingerprint density at radius 3 is 2.41 bits per heavy atom. The second-order valence-electron chi connectivity index (χ2n) is 6.64. The van der Waals surface area contributed by atoms with E-state index in [0.29, 0.717) is 22.2 Å². The molecule has 1 aliphatic rings. The van der Waals surface area contributed by atoms with Crippen molar-refractivity contribution in [3.05, 3.63) is 94.0 Å². The van der Waals surface area contributed by atoms with Crippen molar-refractivity contribution < 1.29 is 4.79 Å². The Morgan fingerprint density at radius 2 is 1.66 bits per heavy atom. The van der Waals surface area contributed by atoms with Crippen molar-refractivity contribution in [1.82, 2.24) is 5.43 Å². The molecule has 0 radical (unpaired) electrons. The van der Waals surface area contributed by atoms with Crippen LogP contribution in [0.1, 0.15) is 23.6 Å². The van der Waals surface area contributed by atoms with Crippen molar-refractivity contribution >= 4 is 46.3 Å². The summed E-state index contributed by atoms with van der Waals surface area (Å²) in [6.45, 7) is 0. The molecule has 3 aromatic carbocycles. The Labute approximate surface area is 178 Å². The van der Waals surface area contributed by atoms with Gasteiger partial charge in [-0.05, 0) is 29.8 Å². The predicted molar refractivity (Wildman–Crippen MR) is 119 cm³/mol. The Kier molecular flexibility index (Phi) is 5.69. The van der Waals surface area contributed by atoms with Crippen molar-refractivity contribution in [3.8, 4) is 0 Å². The number of nitrogens with zero attached hydrogens (tertiary/aromatic N) is 1. The first-order chi connectivity index (χ1) is 14.1. The number of para-hydroxylation sites is 1. The number of hydrogen-bond acceptors (Lipinski definition) is 3. The maximum atomic E-state index is 12.3. The fraction of sp³-hybridized carbons (Fsp3) is 0.0909. The van der Waals surface area contributed by atoms with E-state index in [1.165, 1.54) is 0 Å². The highest BCUT2D eigenvalue weighted by Crippen LogP contribution is 2.32. The first-order valence-electron chi connectivity index (χ1n) is 9.09. The number of rotatable bonds is 3. The fourth-order valence-corrected chi connectivity index (χ4v) is 3.82. The number of amides is 2. The van der Waals surface area contributed by atoms with Gasteiger partial charge in [-0.3, -0.25) is 0 Å². The topological polar surface area (TPSA) is 65.5 Å². The molecule has 1 unspecified atom stereocenters. The number of nitrogens with one attached hydrogen (secondary N) is 3. The van der Waals surface area contributed by atoms with Crippen LogP contribution < -0.4 is 16.1 Å². The van der Waals surface area contributed by atoms with Gasteiger partial charge in [0.1, 0.15) is 0 Å². The minimum Gasteiger partial charge on any atom is -0.377 e. The average Bonchev–Trinajstić information content (AvgIpc) is 2.71. The molecule has 0 aromatic heterocycles. The average molecular weight is 425 g/mol. The Bertz CT molecular complexity index is 1050. The minimum absolute atomic E-state index is 0.0708. The van der Waals surface area contributed by atoms with Gasteiger partial charge in [-0.1, -0.05) is 71.7 Å². The lowest BCUT2D eigenvalue weighted by atomic mass is 9.92. The summed E-state index contributed by atoms with van der Waals surface area (Å²) < 4.78 is 0. The molecule has 5 nitrogen and oxygen atoms in total. The quantitative estimate of drug-likeness (QED) is 0.446. The van der Waals surface area contributed by atoms with Crippen molar-refractivity contribution in [2.24, 2.45) is 5.10 Å². The van der Waals surface area contributed by atoms with E-state index in [4.69, 9.17) is 23.2 Å². The molecular formula is C22H18Cl2N4O. The van der Waals surface area contributed by atoms with Gasteiger partial charge in [0.15, 0.2) is 0 Å². The number of hydrogen-bond donors (Lipinski definition) is 3. The van der Waals surface area contributed by atoms with Gasteiger partial charge in [0.2, 0.25) is 0 Å². The van der Waals surface area contributed by atoms with E-state index in [0.717, 1.165) is 22.5 Å². The van der Waals surface area contributed by atoms with Crippen LogP contribution in [0.4, 0.5) is 16.2 Å². The maximum Gasteiger partial charge on any atom is 0.339 e. The molecule has 0 saturated carbocycles. The normalized spacial score (nSPS) is 16.6. The minimum atomic E-state index is -0.469. The van der Waals surface area contributed by atoms with Crippen LogP contribution in [-0.2, 0) is 0 Å². The molecule has 0 saturated heterocycles. The molecular weight excluding hydrogens is 407 g/mol. The van der Waals surface area contributed by atoms with Gasteiger partial charge >= 0.3 is 6.03 Å². The monoisotopic (exact) mass is 424 g/mol. The van der Waals surface area contributed by atoms with Gasteiger partial charge in [-0.25, -0.2) is 10.2 Å². The molecule has 1 atom stereocenters. The number of fused-ring (bicyclic) bond motifs is 1. The zero-order chi connectivity index (χ0) is 20.2. The summed E-state index contributed by atoms with van der Waals surface area (Å²) in [7, 11) is 0. The zero-order valence-corrected chi connectivity index (χ0v) is 16.8. The predicted octanol–water partition coefficient (Wildman–Crippen LogP) is 6.08. The number of carbonyl (C=O) groups is 1. The van der Waals surface area contributed by atoms with Crippen molar-refractivity contribution in [3.63, 3.8) is 0 Å². The van der Waals surface area contributed by atoms with E-state index in [2.05, 4.69) is 33.3 Å². The van der Waals surface area contributed by atoms with Crippen molar-refractivity contribution in [1.29, 1.82) is 0 Å². The number of anilines is 2. The van der Waals surface area contributed by atoms with Crippen LogP contribution >= 0.6 is 23.2 Å². The van der Waals surface area contributed by atoms with E-state index < -0.39 is 6.03 Å². The van der Waals surface area contributed by atoms with Crippen molar-refractivity contribution in [2.75, 3.05) is 10.6 Å². The largest absolute Gasteiger partial charge is 0.377 e. The van der Waals surface area contributed by atoms with Crippen LogP contribution in [0.5, 0.6) is 0 Å². The Morgan fingerprint density at radius 1 is 0.966 bits per heavy atom. The second-order valence-corrected chi connectivity index (χ2v) is 7.51. The molecule has 0 fully saturated rings. The SMILES string of the molecule is O=C(NN=C1CC(c2ccccc2)Nc2ccccc21)Nc1cc(Cl)cc(Cl)c1. The fourth-order valence-electron chi connectivity index (χ4n) is 3.30.